The van der Waals surface area contributed by atoms with Gasteiger partial charge in [0, 0.05) is 36.6 Å². The molecule has 6 heteroatoms. The number of rotatable bonds is 4. The first-order valence-electron chi connectivity index (χ1n) is 10.5. The van der Waals surface area contributed by atoms with Gasteiger partial charge in [0.2, 0.25) is 0 Å². The van der Waals surface area contributed by atoms with Crippen molar-refractivity contribution in [2.24, 2.45) is 0 Å². The summed E-state index contributed by atoms with van der Waals surface area (Å²) in [6.07, 6.45) is 8.61. The lowest BCUT2D eigenvalue weighted by Gasteiger charge is -2.36. The van der Waals surface area contributed by atoms with Crippen molar-refractivity contribution >= 4 is 11.0 Å². The second kappa shape index (κ2) is 8.32. The van der Waals surface area contributed by atoms with Gasteiger partial charge in [-0.15, -0.1) is 0 Å². The minimum atomic E-state index is -0.458. The zero-order valence-corrected chi connectivity index (χ0v) is 17.1. The molecule has 6 nitrogen and oxygen atoms in total. The molecule has 1 atom stereocenters. The fourth-order valence-corrected chi connectivity index (χ4v) is 4.42. The fraction of sp³-hybridized carbons (Fsp3) is 0.240. The first-order chi connectivity index (χ1) is 15.2. The Morgan fingerprint density at radius 3 is 2.84 bits per heavy atom. The molecule has 0 saturated carbocycles. The number of hydrogen-bond acceptors (Lipinski definition) is 6. The number of aromatic nitrogens is 2. The van der Waals surface area contributed by atoms with Gasteiger partial charge in [-0.3, -0.25) is 14.9 Å². The lowest BCUT2D eigenvalue weighted by molar-refractivity contribution is 0.139. The van der Waals surface area contributed by atoms with E-state index in [4.69, 9.17) is 4.42 Å². The molecule has 3 aromatic heterocycles. The van der Waals surface area contributed by atoms with Gasteiger partial charge in [-0.25, -0.2) is 4.79 Å². The van der Waals surface area contributed by atoms with Gasteiger partial charge in [0.05, 0.1) is 16.8 Å². The van der Waals surface area contributed by atoms with Gasteiger partial charge in [-0.1, -0.05) is 18.6 Å². The number of nitrogens with zero attached hydrogens (tertiary/aromatic N) is 3. The zero-order valence-electron chi connectivity index (χ0n) is 17.1. The fourth-order valence-electron chi connectivity index (χ4n) is 4.42. The maximum atomic E-state index is 12.8. The number of benzene rings is 1. The second-order valence-electron chi connectivity index (χ2n) is 7.91. The number of phenols is 1. The molecule has 1 fully saturated rings. The molecule has 0 bridgehead atoms. The zero-order chi connectivity index (χ0) is 21.2. The Hall–Kier alpha value is -3.51. The Bertz CT molecular complexity index is 1260. The van der Waals surface area contributed by atoms with Gasteiger partial charge in [-0.05, 0) is 61.3 Å². The first kappa shape index (κ1) is 19.5. The Morgan fingerprint density at radius 1 is 1.10 bits per heavy atom. The van der Waals surface area contributed by atoms with Crippen LogP contribution in [0.4, 0.5) is 0 Å². The van der Waals surface area contributed by atoms with Crippen LogP contribution in [0.3, 0.4) is 0 Å². The van der Waals surface area contributed by atoms with Crippen LogP contribution in [0.5, 0.6) is 5.75 Å². The molecule has 1 aliphatic heterocycles. The number of likely N-dealkylation sites (tertiary alicyclic amines) is 1. The van der Waals surface area contributed by atoms with E-state index in [9.17, 15) is 9.90 Å². The van der Waals surface area contributed by atoms with E-state index in [1.165, 1.54) is 5.56 Å². The molecule has 31 heavy (non-hydrogen) atoms. The minimum absolute atomic E-state index is 0.136. The van der Waals surface area contributed by atoms with E-state index < -0.39 is 5.63 Å². The van der Waals surface area contributed by atoms with Crippen molar-refractivity contribution in [2.45, 2.75) is 31.8 Å². The van der Waals surface area contributed by atoms with Crippen molar-refractivity contribution in [3.05, 3.63) is 88.7 Å². The molecule has 0 unspecified atom stereocenters. The predicted octanol–water partition coefficient (Wildman–Crippen LogP) is 4.68. The van der Waals surface area contributed by atoms with Crippen molar-refractivity contribution in [2.75, 3.05) is 6.54 Å². The molecule has 1 aliphatic rings. The largest absolute Gasteiger partial charge is 0.507 e. The van der Waals surface area contributed by atoms with Gasteiger partial charge in [0.1, 0.15) is 11.3 Å². The highest BCUT2D eigenvalue weighted by atomic mass is 16.4. The van der Waals surface area contributed by atoms with E-state index in [0.717, 1.165) is 31.2 Å². The van der Waals surface area contributed by atoms with E-state index in [2.05, 4.69) is 20.9 Å². The van der Waals surface area contributed by atoms with E-state index in [1.54, 1.807) is 42.7 Å². The SMILES string of the molecule is O=c1oc2c(CN3CCCC[C@H]3c3cccnc3)c(O)ccc2cc1-c1ccccn1. The number of fused-ring (bicyclic) bond motifs is 1. The molecule has 5 rings (SSSR count). The smallest absolute Gasteiger partial charge is 0.345 e. The van der Waals surface area contributed by atoms with E-state index >= 15 is 0 Å². The Morgan fingerprint density at radius 2 is 2.03 bits per heavy atom. The lowest BCUT2D eigenvalue weighted by Crippen LogP contribution is -2.33. The van der Waals surface area contributed by atoms with Gasteiger partial charge in [-0.2, -0.15) is 0 Å². The normalized spacial score (nSPS) is 17.1. The number of aromatic hydroxyl groups is 1. The number of pyridine rings is 2. The van der Waals surface area contributed by atoms with Crippen LogP contribution >= 0.6 is 0 Å². The number of phenolic OH excluding ortho intramolecular Hbond substituents is 1. The van der Waals surface area contributed by atoms with Gasteiger partial charge in [0.25, 0.3) is 0 Å². The Labute approximate surface area is 179 Å². The summed E-state index contributed by atoms with van der Waals surface area (Å²) in [4.78, 5) is 23.6. The third-order valence-corrected chi connectivity index (χ3v) is 5.97. The predicted molar refractivity (Wildman–Crippen MR) is 119 cm³/mol. The molecule has 1 aromatic carbocycles. The van der Waals surface area contributed by atoms with Gasteiger partial charge >= 0.3 is 5.63 Å². The lowest BCUT2D eigenvalue weighted by atomic mass is 9.95. The second-order valence-corrected chi connectivity index (χ2v) is 7.91. The average molecular weight is 413 g/mol. The number of hydrogen-bond donors (Lipinski definition) is 1. The third kappa shape index (κ3) is 3.82. The quantitative estimate of drug-likeness (QED) is 0.489. The summed E-state index contributed by atoms with van der Waals surface area (Å²) < 4.78 is 5.75. The topological polar surface area (TPSA) is 79.5 Å². The third-order valence-electron chi connectivity index (χ3n) is 5.97. The van der Waals surface area contributed by atoms with Crippen LogP contribution in [0, 0.1) is 0 Å². The summed E-state index contributed by atoms with van der Waals surface area (Å²) in [6.45, 7) is 1.40. The summed E-state index contributed by atoms with van der Waals surface area (Å²) in [5, 5.41) is 11.4. The molecule has 4 aromatic rings. The van der Waals surface area contributed by atoms with Crippen molar-refractivity contribution < 1.29 is 9.52 Å². The molecule has 0 radical (unpaired) electrons. The van der Waals surface area contributed by atoms with Crippen molar-refractivity contribution in [3.63, 3.8) is 0 Å². The highest BCUT2D eigenvalue weighted by Gasteiger charge is 2.26. The molecule has 1 saturated heterocycles. The van der Waals surface area contributed by atoms with Crippen molar-refractivity contribution in [1.29, 1.82) is 0 Å². The van der Waals surface area contributed by atoms with Crippen LogP contribution in [0.1, 0.15) is 36.4 Å². The molecular weight excluding hydrogens is 390 g/mol. The molecule has 0 aliphatic carbocycles. The standard InChI is InChI=1S/C25H23N3O3/c29-23-10-9-17-14-19(21-7-1-3-12-27-21)25(30)31-24(17)20(23)16-28-13-4-2-8-22(28)18-6-5-11-26-15-18/h1,3,5-7,9-12,14-15,22,29H,2,4,8,13,16H2/t22-/m0/s1. The van der Waals surface area contributed by atoms with Crippen molar-refractivity contribution in [1.82, 2.24) is 14.9 Å². The van der Waals surface area contributed by atoms with Crippen LogP contribution in [-0.2, 0) is 6.54 Å². The molecule has 156 valence electrons. The highest BCUT2D eigenvalue weighted by Crippen LogP contribution is 2.35. The summed E-state index contributed by atoms with van der Waals surface area (Å²) >= 11 is 0. The molecule has 4 heterocycles. The average Bonchev–Trinajstić information content (AvgIpc) is 2.82. The summed E-state index contributed by atoms with van der Waals surface area (Å²) in [5.74, 6) is 0.136. The molecule has 1 N–H and O–H groups in total. The van der Waals surface area contributed by atoms with Crippen LogP contribution < -0.4 is 5.63 Å². The molecular formula is C25H23N3O3. The van der Waals surface area contributed by atoms with Crippen LogP contribution in [0.15, 0.2) is 76.3 Å². The minimum Gasteiger partial charge on any atom is -0.507 e. The highest BCUT2D eigenvalue weighted by molar-refractivity contribution is 5.85. The van der Waals surface area contributed by atoms with E-state index in [0.29, 0.717) is 28.9 Å². The summed E-state index contributed by atoms with van der Waals surface area (Å²) in [5.41, 5.74) is 2.76. The van der Waals surface area contributed by atoms with Crippen LogP contribution in [0.25, 0.3) is 22.2 Å². The maximum absolute atomic E-state index is 12.8. The Kier molecular flexibility index (Phi) is 5.22. The van der Waals surface area contributed by atoms with Gasteiger partial charge in [0.15, 0.2) is 0 Å². The monoisotopic (exact) mass is 413 g/mol. The van der Waals surface area contributed by atoms with E-state index in [-0.39, 0.29) is 11.8 Å². The molecule has 0 amide bonds. The van der Waals surface area contributed by atoms with Crippen molar-refractivity contribution in [3.8, 4) is 17.0 Å². The van der Waals surface area contributed by atoms with Gasteiger partial charge < -0.3 is 9.52 Å². The first-order valence-corrected chi connectivity index (χ1v) is 10.5. The van der Waals surface area contributed by atoms with E-state index in [1.807, 2.05) is 18.3 Å². The van der Waals surface area contributed by atoms with Crippen LogP contribution in [-0.4, -0.2) is 26.5 Å². The maximum Gasteiger partial charge on any atom is 0.345 e. The van der Waals surface area contributed by atoms with Crippen LogP contribution in [0.2, 0.25) is 0 Å². The summed E-state index contributed by atoms with van der Waals surface area (Å²) in [7, 11) is 0. The number of piperidine rings is 1. The summed E-state index contributed by atoms with van der Waals surface area (Å²) in [6, 6.07) is 14.9. The Balaban J connectivity index is 1.55. The molecule has 0 spiro atoms.